The van der Waals surface area contributed by atoms with Gasteiger partial charge in [0.25, 0.3) is 0 Å². The minimum Gasteiger partial charge on any atom is -0.404 e. The SMILES string of the molecule is Cc1cc(Cl)cc2c(=O)oc(C3CC(c4ccc(F)cc4)=NO3)nc12. The van der Waals surface area contributed by atoms with Crippen molar-refractivity contribution in [2.24, 2.45) is 5.16 Å². The summed E-state index contributed by atoms with van der Waals surface area (Å²) >= 11 is 5.98. The van der Waals surface area contributed by atoms with Crippen LogP contribution in [0.3, 0.4) is 0 Å². The van der Waals surface area contributed by atoms with Gasteiger partial charge < -0.3 is 9.25 Å². The second kappa shape index (κ2) is 5.97. The number of nitrogens with zero attached hydrogens (tertiary/aromatic N) is 2. The average molecular weight is 359 g/mol. The number of oxime groups is 1. The Balaban J connectivity index is 1.68. The molecule has 0 saturated heterocycles. The van der Waals surface area contributed by atoms with Crippen molar-refractivity contribution in [3.8, 4) is 0 Å². The molecule has 2 heterocycles. The molecule has 1 unspecified atom stereocenters. The van der Waals surface area contributed by atoms with Crippen molar-refractivity contribution in [3.05, 3.63) is 74.7 Å². The standard InChI is InChI=1S/C18H12ClFN2O3/c1-9-6-11(19)7-13-16(9)21-17(24-18(13)23)15-8-14(22-25-15)10-2-4-12(20)5-3-10/h2-7,15H,8H2,1H3. The van der Waals surface area contributed by atoms with Gasteiger partial charge in [-0.15, -0.1) is 0 Å². The molecule has 0 bridgehead atoms. The van der Waals surface area contributed by atoms with E-state index in [0.29, 0.717) is 28.1 Å². The zero-order valence-electron chi connectivity index (χ0n) is 13.1. The number of halogens is 2. The van der Waals surface area contributed by atoms with Crippen LogP contribution < -0.4 is 5.63 Å². The maximum Gasteiger partial charge on any atom is 0.347 e. The quantitative estimate of drug-likeness (QED) is 0.690. The fraction of sp³-hybridized carbons (Fsp3) is 0.167. The maximum absolute atomic E-state index is 13.0. The zero-order valence-corrected chi connectivity index (χ0v) is 13.9. The molecule has 0 N–H and O–H groups in total. The van der Waals surface area contributed by atoms with Crippen LogP contribution in [-0.4, -0.2) is 10.7 Å². The van der Waals surface area contributed by atoms with E-state index >= 15 is 0 Å². The molecule has 126 valence electrons. The molecule has 4 rings (SSSR count). The van der Waals surface area contributed by atoms with Gasteiger partial charge >= 0.3 is 5.63 Å². The van der Waals surface area contributed by atoms with Crippen molar-refractivity contribution in [1.29, 1.82) is 0 Å². The Morgan fingerprint density at radius 1 is 1.24 bits per heavy atom. The van der Waals surface area contributed by atoms with Gasteiger partial charge in [-0.2, -0.15) is 0 Å². The fourth-order valence-corrected chi connectivity index (χ4v) is 3.06. The first-order valence-corrected chi connectivity index (χ1v) is 7.98. The fourth-order valence-electron chi connectivity index (χ4n) is 2.78. The number of aromatic nitrogens is 1. The second-order valence-corrected chi connectivity index (χ2v) is 6.24. The summed E-state index contributed by atoms with van der Waals surface area (Å²) in [5.74, 6) is -0.167. The third-order valence-corrected chi connectivity index (χ3v) is 4.24. The van der Waals surface area contributed by atoms with Crippen LogP contribution in [0.5, 0.6) is 0 Å². The van der Waals surface area contributed by atoms with Crippen molar-refractivity contribution >= 4 is 28.2 Å². The number of rotatable bonds is 2. The lowest BCUT2D eigenvalue weighted by atomic mass is 10.0. The van der Waals surface area contributed by atoms with Crippen molar-refractivity contribution in [2.75, 3.05) is 0 Å². The Morgan fingerprint density at radius 3 is 2.76 bits per heavy atom. The van der Waals surface area contributed by atoms with E-state index in [-0.39, 0.29) is 11.7 Å². The highest BCUT2D eigenvalue weighted by molar-refractivity contribution is 6.31. The van der Waals surface area contributed by atoms with Gasteiger partial charge in [-0.3, -0.25) is 0 Å². The summed E-state index contributed by atoms with van der Waals surface area (Å²) in [6.07, 6.45) is -0.230. The first-order chi connectivity index (χ1) is 12.0. The van der Waals surface area contributed by atoms with E-state index in [0.717, 1.165) is 11.1 Å². The summed E-state index contributed by atoms with van der Waals surface area (Å²) in [6, 6.07) is 9.21. The zero-order chi connectivity index (χ0) is 17.6. The van der Waals surface area contributed by atoms with Gasteiger partial charge in [-0.1, -0.05) is 28.9 Å². The maximum atomic E-state index is 13.0. The first kappa shape index (κ1) is 15.8. The van der Waals surface area contributed by atoms with E-state index in [1.807, 2.05) is 6.92 Å². The second-order valence-electron chi connectivity index (χ2n) is 5.80. The average Bonchev–Trinajstić information content (AvgIpc) is 3.06. The van der Waals surface area contributed by atoms with Crippen LogP contribution in [0.1, 0.15) is 29.5 Å². The molecular weight excluding hydrogens is 347 g/mol. The van der Waals surface area contributed by atoms with Crippen LogP contribution in [0, 0.1) is 12.7 Å². The van der Waals surface area contributed by atoms with Crippen molar-refractivity contribution in [1.82, 2.24) is 4.98 Å². The first-order valence-electron chi connectivity index (χ1n) is 7.61. The molecule has 25 heavy (non-hydrogen) atoms. The highest BCUT2D eigenvalue weighted by Crippen LogP contribution is 2.29. The number of hydrogen-bond donors (Lipinski definition) is 0. The summed E-state index contributed by atoms with van der Waals surface area (Å²) in [6.45, 7) is 1.82. The van der Waals surface area contributed by atoms with E-state index in [1.54, 1.807) is 18.2 Å². The Kier molecular flexibility index (Phi) is 3.77. The molecule has 0 fully saturated rings. The molecule has 7 heteroatoms. The Bertz CT molecular complexity index is 1060. The molecule has 1 aromatic heterocycles. The van der Waals surface area contributed by atoms with Crippen LogP contribution >= 0.6 is 11.6 Å². The predicted octanol–water partition coefficient (Wildman–Crippen LogP) is 4.15. The highest BCUT2D eigenvalue weighted by atomic mass is 35.5. The lowest BCUT2D eigenvalue weighted by Gasteiger charge is -2.08. The minimum absolute atomic E-state index is 0.156. The third kappa shape index (κ3) is 2.89. The summed E-state index contributed by atoms with van der Waals surface area (Å²) in [5, 5.41) is 4.79. The summed E-state index contributed by atoms with van der Waals surface area (Å²) in [7, 11) is 0. The smallest absolute Gasteiger partial charge is 0.347 e. The highest BCUT2D eigenvalue weighted by Gasteiger charge is 2.28. The minimum atomic E-state index is -0.604. The van der Waals surface area contributed by atoms with Crippen LogP contribution in [0.15, 0.2) is 50.8 Å². The third-order valence-electron chi connectivity index (χ3n) is 4.03. The normalized spacial score (nSPS) is 16.8. The molecule has 5 nitrogen and oxygen atoms in total. The molecule has 1 atom stereocenters. The molecule has 0 amide bonds. The van der Waals surface area contributed by atoms with E-state index in [4.69, 9.17) is 20.9 Å². The van der Waals surface area contributed by atoms with Crippen molar-refractivity contribution in [3.63, 3.8) is 0 Å². The molecular formula is C18H12ClFN2O3. The Labute approximate surface area is 146 Å². The van der Waals surface area contributed by atoms with Gasteiger partial charge in [-0.25, -0.2) is 14.2 Å². The monoisotopic (exact) mass is 358 g/mol. The van der Waals surface area contributed by atoms with E-state index in [1.165, 1.54) is 18.2 Å². The molecule has 1 aliphatic heterocycles. The van der Waals surface area contributed by atoms with Gasteiger partial charge in [-0.05, 0) is 42.3 Å². The van der Waals surface area contributed by atoms with Crippen LogP contribution in [-0.2, 0) is 4.84 Å². The van der Waals surface area contributed by atoms with Crippen LogP contribution in [0.25, 0.3) is 10.9 Å². The van der Waals surface area contributed by atoms with Gasteiger partial charge in [0, 0.05) is 11.4 Å². The Morgan fingerprint density at radius 2 is 2.00 bits per heavy atom. The van der Waals surface area contributed by atoms with Gasteiger partial charge in [0.1, 0.15) is 5.82 Å². The number of fused-ring (bicyclic) bond motifs is 1. The van der Waals surface area contributed by atoms with E-state index in [9.17, 15) is 9.18 Å². The Hall–Kier alpha value is -2.73. The van der Waals surface area contributed by atoms with Gasteiger partial charge in [0.05, 0.1) is 16.6 Å². The topological polar surface area (TPSA) is 64.7 Å². The number of hydrogen-bond acceptors (Lipinski definition) is 5. The largest absolute Gasteiger partial charge is 0.404 e. The van der Waals surface area contributed by atoms with Crippen LogP contribution in [0.2, 0.25) is 5.02 Å². The summed E-state index contributed by atoms with van der Waals surface area (Å²) in [4.78, 5) is 22.0. The van der Waals surface area contributed by atoms with Gasteiger partial charge in [0.2, 0.25) is 12.0 Å². The van der Waals surface area contributed by atoms with Gasteiger partial charge in [0.15, 0.2) is 0 Å². The summed E-state index contributed by atoms with van der Waals surface area (Å²) in [5.41, 5.74) is 2.16. The molecule has 3 aromatic rings. The van der Waals surface area contributed by atoms with Crippen LogP contribution in [0.4, 0.5) is 4.39 Å². The molecule has 0 radical (unpaired) electrons. The molecule has 0 aliphatic carbocycles. The van der Waals surface area contributed by atoms with Crippen molar-refractivity contribution in [2.45, 2.75) is 19.4 Å². The molecule has 0 saturated carbocycles. The number of aryl methyl sites for hydroxylation is 1. The van der Waals surface area contributed by atoms with E-state index in [2.05, 4.69) is 10.1 Å². The lowest BCUT2D eigenvalue weighted by Crippen LogP contribution is -2.10. The molecule has 2 aromatic carbocycles. The lowest BCUT2D eigenvalue weighted by molar-refractivity contribution is 0.0618. The predicted molar refractivity (Wildman–Crippen MR) is 91.4 cm³/mol. The molecule has 1 aliphatic rings. The molecule has 0 spiro atoms. The van der Waals surface area contributed by atoms with Crippen molar-refractivity contribution < 1.29 is 13.6 Å². The summed E-state index contributed by atoms with van der Waals surface area (Å²) < 4.78 is 18.3. The van der Waals surface area contributed by atoms with E-state index < -0.39 is 11.7 Å². The number of benzene rings is 2.